The highest BCUT2D eigenvalue weighted by Gasteiger charge is 2.21. The summed E-state index contributed by atoms with van der Waals surface area (Å²) in [6, 6.07) is 6.40. The van der Waals surface area contributed by atoms with Crippen molar-refractivity contribution in [1.82, 2.24) is 9.99 Å². The smallest absolute Gasteiger partial charge is 0.328 e. The molecular weight excluding hydrogens is 361 g/mol. The van der Waals surface area contributed by atoms with Crippen LogP contribution in [0.1, 0.15) is 53.5 Å². The van der Waals surface area contributed by atoms with Crippen molar-refractivity contribution < 1.29 is 14.4 Å². The third-order valence-corrected chi connectivity index (χ3v) is 3.93. The summed E-state index contributed by atoms with van der Waals surface area (Å²) in [5, 5.41) is 2.44. The maximum Gasteiger partial charge on any atom is 0.328 e. The van der Waals surface area contributed by atoms with Crippen LogP contribution in [0, 0.1) is 0 Å². The maximum atomic E-state index is 12.0. The van der Waals surface area contributed by atoms with Crippen LogP contribution >= 0.6 is 9.39 Å². The normalized spacial score (nSPS) is 10.6. The molecule has 154 valence electrons. The van der Waals surface area contributed by atoms with E-state index in [1.54, 1.807) is 12.1 Å². The molecule has 0 aliphatic heterocycles. The van der Waals surface area contributed by atoms with Crippen LogP contribution in [0.5, 0.6) is 0 Å². The summed E-state index contributed by atoms with van der Waals surface area (Å²) in [4.78, 5) is 36.5. The lowest BCUT2D eigenvalue weighted by Gasteiger charge is -2.23. The second-order valence-corrected chi connectivity index (χ2v) is 6.10. The average Bonchev–Trinajstić information content (AvgIpc) is 2.69. The Bertz CT molecular complexity index is 574. The van der Waals surface area contributed by atoms with Crippen molar-refractivity contribution in [3.05, 3.63) is 29.8 Å². The Hall–Kier alpha value is -1.78. The summed E-state index contributed by atoms with van der Waals surface area (Å²) in [5.74, 6) is -0.192. The number of anilines is 1. The Balaban J connectivity index is 0. The third kappa shape index (κ3) is 9.12. The molecule has 1 N–H and O–H groups in total. The number of nitrogens with one attached hydrogen (secondary N) is 1. The van der Waals surface area contributed by atoms with Gasteiger partial charge in [0.15, 0.2) is 0 Å². The molecule has 3 amide bonds. The molecule has 0 bridgehead atoms. The molecule has 0 aliphatic carbocycles. The first kappa shape index (κ1) is 27.4. The lowest BCUT2D eigenvalue weighted by Crippen LogP contribution is -2.41. The number of urea groups is 1. The molecule has 7 heteroatoms. The number of nitrogens with zero attached hydrogens (tertiary/aromatic N) is 2. The quantitative estimate of drug-likeness (QED) is 0.736. The number of imide groups is 1. The molecule has 2 atom stereocenters. The second-order valence-electron chi connectivity index (χ2n) is 5.28. The van der Waals surface area contributed by atoms with Gasteiger partial charge in [0, 0.05) is 20.4 Å². The van der Waals surface area contributed by atoms with Gasteiger partial charge in [-0.1, -0.05) is 56.1 Å². The van der Waals surface area contributed by atoms with E-state index in [9.17, 15) is 14.4 Å². The Labute approximate surface area is 166 Å². The lowest BCUT2D eigenvalue weighted by atomic mass is 10.0. The van der Waals surface area contributed by atoms with Gasteiger partial charge in [-0.3, -0.25) is 14.3 Å². The molecule has 0 fully saturated rings. The minimum absolute atomic E-state index is 0.169. The molecule has 6 nitrogen and oxygen atoms in total. The number of Topliss-reactive ketones (excluding diaryl/α,β-unsaturated/α-hetero) is 1. The molecule has 0 spiro atoms. The lowest BCUT2D eigenvalue weighted by molar-refractivity contribution is -0.122. The summed E-state index contributed by atoms with van der Waals surface area (Å²) < 4.78 is 1.83. The molecule has 1 rings (SSSR count). The molecule has 1 aromatic rings. The number of rotatable bonds is 6. The zero-order valence-corrected chi connectivity index (χ0v) is 19.2. The van der Waals surface area contributed by atoms with Crippen LogP contribution in [0.4, 0.5) is 10.5 Å². The van der Waals surface area contributed by atoms with Crippen molar-refractivity contribution >= 4 is 32.8 Å². The van der Waals surface area contributed by atoms with Crippen LogP contribution in [0.3, 0.4) is 0 Å². The Morgan fingerprint density at radius 3 is 1.89 bits per heavy atom. The largest absolute Gasteiger partial charge is 0.340 e. The zero-order valence-electron chi connectivity index (χ0n) is 18.0. The molecule has 1 unspecified atom stereocenters. The number of likely N-dealkylation sites (N-methyl/N-ethyl adjacent to an activating group) is 1. The van der Waals surface area contributed by atoms with Gasteiger partial charge in [-0.15, -0.1) is 0 Å². The molecule has 27 heavy (non-hydrogen) atoms. The number of ketones is 1. The number of hydrogen-bond acceptors (Lipinski definition) is 4. The van der Waals surface area contributed by atoms with Gasteiger partial charge in [0.05, 0.1) is 11.7 Å². The fourth-order valence-electron chi connectivity index (χ4n) is 2.28. The number of benzene rings is 1. The van der Waals surface area contributed by atoms with Crippen LogP contribution in [-0.2, 0) is 16.0 Å². The van der Waals surface area contributed by atoms with Crippen molar-refractivity contribution in [2.45, 2.75) is 60.4 Å². The van der Waals surface area contributed by atoms with Gasteiger partial charge < -0.3 is 5.32 Å². The van der Waals surface area contributed by atoms with Gasteiger partial charge >= 0.3 is 6.03 Å². The molecule has 0 aromatic heterocycles. The topological polar surface area (TPSA) is 69.7 Å². The number of carbonyl (C=O) groups excluding carboxylic acids is 3. The molecular formula is C20H36N3O3P. The van der Waals surface area contributed by atoms with Crippen molar-refractivity contribution in [3.8, 4) is 0 Å². The highest BCUT2D eigenvalue weighted by Crippen LogP contribution is 2.19. The van der Waals surface area contributed by atoms with E-state index in [2.05, 4.69) is 14.7 Å². The molecule has 0 aliphatic rings. The van der Waals surface area contributed by atoms with Gasteiger partial charge in [-0.25, -0.2) is 9.69 Å². The molecule has 0 heterocycles. The van der Waals surface area contributed by atoms with Crippen molar-refractivity contribution in [3.63, 3.8) is 0 Å². The summed E-state index contributed by atoms with van der Waals surface area (Å²) in [5.41, 5.74) is 1.47. The molecule has 0 saturated carbocycles. The van der Waals surface area contributed by atoms with Crippen molar-refractivity contribution in [2.75, 3.05) is 19.0 Å². The van der Waals surface area contributed by atoms with Crippen LogP contribution in [-0.4, -0.2) is 42.5 Å². The first-order chi connectivity index (χ1) is 12.8. The number of hydrogen-bond donors (Lipinski definition) is 1. The van der Waals surface area contributed by atoms with E-state index in [1.165, 1.54) is 14.0 Å². The fourth-order valence-corrected chi connectivity index (χ4v) is 2.55. The van der Waals surface area contributed by atoms with Gasteiger partial charge in [-0.05, 0) is 31.2 Å². The van der Waals surface area contributed by atoms with Gasteiger partial charge in [-0.2, -0.15) is 0 Å². The van der Waals surface area contributed by atoms with E-state index in [0.717, 1.165) is 10.5 Å². The summed E-state index contributed by atoms with van der Waals surface area (Å²) in [7, 11) is 5.85. The van der Waals surface area contributed by atoms with Crippen LogP contribution < -0.4 is 10.2 Å². The van der Waals surface area contributed by atoms with Gasteiger partial charge in [0.2, 0.25) is 5.91 Å². The second kappa shape index (κ2) is 15.3. The van der Waals surface area contributed by atoms with E-state index in [-0.39, 0.29) is 17.7 Å². The summed E-state index contributed by atoms with van der Waals surface area (Å²) in [6.45, 7) is 11.2. The monoisotopic (exact) mass is 397 g/mol. The standard InChI is InChI=1S/C16H24N3O3P.2C2H6/c1-5-15(21)14(18(4)23)10-12-6-8-13(9-7-12)19(11(2)20)16(22)17-3;2*1-2/h6-9,14H,5,10,23H2,1-4H3,(H,17,22);2*1-2H3/t14-;;/m0../s1. The van der Waals surface area contributed by atoms with Gasteiger partial charge in [0.25, 0.3) is 0 Å². The minimum atomic E-state index is -0.478. The zero-order chi connectivity index (χ0) is 21.6. The van der Waals surface area contributed by atoms with Crippen LogP contribution in [0.2, 0.25) is 0 Å². The highest BCUT2D eigenvalue weighted by atomic mass is 31.0. The van der Waals surface area contributed by atoms with E-state index in [0.29, 0.717) is 18.5 Å². The summed E-state index contributed by atoms with van der Waals surface area (Å²) >= 11 is 0. The average molecular weight is 398 g/mol. The van der Waals surface area contributed by atoms with Gasteiger partial charge in [0.1, 0.15) is 5.78 Å². The SMILES string of the molecule is CC.CC.CCC(=O)[C@H](Cc1ccc(N(C(C)=O)C(=O)NC)cc1)N(C)P. The minimum Gasteiger partial charge on any atom is -0.340 e. The number of amides is 3. The van der Waals surface area contributed by atoms with E-state index >= 15 is 0 Å². The van der Waals surface area contributed by atoms with Crippen LogP contribution in [0.25, 0.3) is 0 Å². The van der Waals surface area contributed by atoms with Crippen molar-refractivity contribution in [2.24, 2.45) is 0 Å². The Kier molecular flexibility index (Phi) is 15.5. The summed E-state index contributed by atoms with van der Waals surface area (Å²) in [6.07, 6.45) is 1.06. The first-order valence-corrected chi connectivity index (χ1v) is 9.95. The highest BCUT2D eigenvalue weighted by molar-refractivity contribution is 7.13. The predicted octanol–water partition coefficient (Wildman–Crippen LogP) is 4.04. The van der Waals surface area contributed by atoms with E-state index in [4.69, 9.17) is 0 Å². The van der Waals surface area contributed by atoms with Crippen molar-refractivity contribution in [1.29, 1.82) is 0 Å². The molecule has 1 aromatic carbocycles. The predicted molar refractivity (Wildman–Crippen MR) is 117 cm³/mol. The fraction of sp³-hybridized carbons (Fsp3) is 0.550. The van der Waals surface area contributed by atoms with Crippen LogP contribution in [0.15, 0.2) is 24.3 Å². The van der Waals surface area contributed by atoms with E-state index in [1.807, 2.05) is 58.5 Å². The number of carbonyl (C=O) groups is 3. The maximum absolute atomic E-state index is 12.0. The third-order valence-electron chi connectivity index (χ3n) is 3.57. The molecule has 0 radical (unpaired) electrons. The first-order valence-electron chi connectivity index (χ1n) is 9.43. The molecule has 0 saturated heterocycles. The Morgan fingerprint density at radius 2 is 1.56 bits per heavy atom. The van der Waals surface area contributed by atoms with E-state index < -0.39 is 6.03 Å². The Morgan fingerprint density at radius 1 is 1.07 bits per heavy atom.